The van der Waals surface area contributed by atoms with Gasteiger partial charge in [-0.3, -0.25) is 9.59 Å². The lowest BCUT2D eigenvalue weighted by atomic mass is 9.97. The van der Waals surface area contributed by atoms with E-state index in [0.717, 1.165) is 30.5 Å². The zero-order chi connectivity index (χ0) is 20.2. The molecule has 3 aromatic rings. The second-order valence-electron chi connectivity index (χ2n) is 7.24. The number of piperidine rings is 1. The van der Waals surface area contributed by atoms with Gasteiger partial charge in [-0.25, -0.2) is 0 Å². The van der Waals surface area contributed by atoms with E-state index in [9.17, 15) is 9.59 Å². The second-order valence-corrected chi connectivity index (χ2v) is 7.24. The Labute approximate surface area is 168 Å². The largest absolute Gasteiger partial charge is 0.366 e. The number of nitrogens with two attached hydrogens (primary N) is 1. The molecule has 1 fully saturated rings. The van der Waals surface area contributed by atoms with Gasteiger partial charge in [-0.15, -0.1) is 0 Å². The number of carbonyl (C=O) groups excluding carboxylic acids is 2. The van der Waals surface area contributed by atoms with Crippen LogP contribution in [0.5, 0.6) is 0 Å². The highest BCUT2D eigenvalue weighted by Gasteiger charge is 2.28. The van der Waals surface area contributed by atoms with Crippen LogP contribution in [0.25, 0.3) is 11.4 Å². The van der Waals surface area contributed by atoms with Crippen LogP contribution in [0.4, 0.5) is 0 Å². The number of benzene rings is 2. The molecule has 2 aromatic carbocycles. The maximum Gasteiger partial charge on any atom is 0.248 e. The molecule has 1 atom stereocenters. The molecule has 0 radical (unpaired) electrons. The van der Waals surface area contributed by atoms with Crippen LogP contribution >= 0.6 is 0 Å². The third-order valence-electron chi connectivity index (χ3n) is 5.19. The molecule has 148 valence electrons. The fourth-order valence-electron chi connectivity index (χ4n) is 3.59. The van der Waals surface area contributed by atoms with Crippen molar-refractivity contribution in [3.05, 3.63) is 71.6 Å². The molecular weight excluding hydrogens is 368 g/mol. The molecule has 1 aliphatic rings. The summed E-state index contributed by atoms with van der Waals surface area (Å²) < 4.78 is 5.49. The molecule has 29 heavy (non-hydrogen) atoms. The van der Waals surface area contributed by atoms with Gasteiger partial charge in [-0.1, -0.05) is 47.6 Å². The Morgan fingerprint density at radius 3 is 2.59 bits per heavy atom. The maximum absolute atomic E-state index is 12.7. The van der Waals surface area contributed by atoms with Crippen LogP contribution in [0.1, 0.15) is 40.6 Å². The van der Waals surface area contributed by atoms with E-state index < -0.39 is 5.91 Å². The second kappa shape index (κ2) is 8.26. The number of rotatable bonds is 5. The van der Waals surface area contributed by atoms with Crippen molar-refractivity contribution < 1.29 is 14.1 Å². The van der Waals surface area contributed by atoms with Gasteiger partial charge in [-0.2, -0.15) is 4.98 Å². The third-order valence-corrected chi connectivity index (χ3v) is 5.19. The molecule has 0 spiro atoms. The van der Waals surface area contributed by atoms with E-state index in [1.54, 1.807) is 24.3 Å². The summed E-state index contributed by atoms with van der Waals surface area (Å²) in [5.41, 5.74) is 7.46. The number of hydrogen-bond acceptors (Lipinski definition) is 5. The first-order valence-electron chi connectivity index (χ1n) is 9.65. The van der Waals surface area contributed by atoms with E-state index in [0.29, 0.717) is 30.2 Å². The maximum atomic E-state index is 12.7. The van der Waals surface area contributed by atoms with E-state index in [4.69, 9.17) is 10.3 Å². The zero-order valence-electron chi connectivity index (χ0n) is 16.0. The average Bonchev–Trinajstić information content (AvgIpc) is 3.25. The number of aromatic nitrogens is 2. The van der Waals surface area contributed by atoms with Crippen LogP contribution in [0.15, 0.2) is 59.1 Å². The van der Waals surface area contributed by atoms with Crippen molar-refractivity contribution in [1.82, 2.24) is 15.0 Å². The fraction of sp³-hybridized carbons (Fsp3) is 0.273. The van der Waals surface area contributed by atoms with Gasteiger partial charge < -0.3 is 15.2 Å². The van der Waals surface area contributed by atoms with Gasteiger partial charge in [0.2, 0.25) is 23.5 Å². The molecule has 2 amide bonds. The minimum Gasteiger partial charge on any atom is -0.366 e. The van der Waals surface area contributed by atoms with Crippen LogP contribution < -0.4 is 5.73 Å². The van der Waals surface area contributed by atoms with Gasteiger partial charge in [0.05, 0.1) is 12.3 Å². The normalized spacial score (nSPS) is 16.6. The number of amides is 2. The van der Waals surface area contributed by atoms with Crippen LogP contribution in [0.2, 0.25) is 0 Å². The van der Waals surface area contributed by atoms with E-state index >= 15 is 0 Å². The first-order chi connectivity index (χ1) is 14.1. The monoisotopic (exact) mass is 390 g/mol. The van der Waals surface area contributed by atoms with E-state index in [1.807, 2.05) is 35.2 Å². The Hall–Kier alpha value is -3.48. The van der Waals surface area contributed by atoms with Crippen molar-refractivity contribution in [3.63, 3.8) is 0 Å². The van der Waals surface area contributed by atoms with Gasteiger partial charge in [0, 0.05) is 24.2 Å². The molecule has 0 saturated carbocycles. The van der Waals surface area contributed by atoms with Gasteiger partial charge >= 0.3 is 0 Å². The third kappa shape index (κ3) is 4.34. The Balaban J connectivity index is 1.43. The topological polar surface area (TPSA) is 102 Å². The highest BCUT2D eigenvalue weighted by atomic mass is 16.5. The predicted octanol–water partition coefficient (Wildman–Crippen LogP) is 2.78. The standard InChI is InChI=1S/C22H22N4O3/c23-20(28)16-8-10-17(11-9-16)21-24-22(29-25-21)18-7-4-12-26(14-18)19(27)13-15-5-2-1-3-6-15/h1-3,5-6,8-11,18H,4,7,12-14H2,(H2,23,28). The van der Waals surface area contributed by atoms with Crippen molar-refractivity contribution >= 4 is 11.8 Å². The highest BCUT2D eigenvalue weighted by Crippen LogP contribution is 2.28. The Kier molecular flexibility index (Phi) is 5.37. The lowest BCUT2D eigenvalue weighted by molar-refractivity contribution is -0.131. The lowest BCUT2D eigenvalue weighted by Gasteiger charge is -2.31. The first-order valence-corrected chi connectivity index (χ1v) is 9.65. The van der Waals surface area contributed by atoms with E-state index in [2.05, 4.69) is 10.1 Å². The number of nitrogens with zero attached hydrogens (tertiary/aromatic N) is 3. The number of primary amides is 1. The Morgan fingerprint density at radius 2 is 1.86 bits per heavy atom. The number of hydrogen-bond donors (Lipinski definition) is 1. The van der Waals surface area contributed by atoms with Gasteiger partial charge in [0.15, 0.2) is 0 Å². The molecule has 0 bridgehead atoms. The molecule has 1 aliphatic heterocycles. The summed E-state index contributed by atoms with van der Waals surface area (Å²) in [5, 5.41) is 4.07. The van der Waals surface area contributed by atoms with Gasteiger partial charge in [0.1, 0.15) is 0 Å². The predicted molar refractivity (Wildman–Crippen MR) is 107 cm³/mol. The number of carbonyl (C=O) groups is 2. The lowest BCUT2D eigenvalue weighted by Crippen LogP contribution is -2.40. The smallest absolute Gasteiger partial charge is 0.248 e. The molecule has 1 aromatic heterocycles. The zero-order valence-corrected chi connectivity index (χ0v) is 16.0. The molecule has 2 heterocycles. The summed E-state index contributed by atoms with van der Waals surface area (Å²) in [6.07, 6.45) is 2.20. The van der Waals surface area contributed by atoms with Crippen molar-refractivity contribution in [2.75, 3.05) is 13.1 Å². The van der Waals surface area contributed by atoms with Gasteiger partial charge in [-0.05, 0) is 30.5 Å². The van der Waals surface area contributed by atoms with Crippen molar-refractivity contribution in [2.24, 2.45) is 5.73 Å². The summed E-state index contributed by atoms with van der Waals surface area (Å²) >= 11 is 0. The molecule has 1 unspecified atom stereocenters. The molecule has 4 rings (SSSR count). The van der Waals surface area contributed by atoms with Crippen LogP contribution in [0, 0.1) is 0 Å². The molecule has 1 saturated heterocycles. The molecule has 7 nitrogen and oxygen atoms in total. The number of likely N-dealkylation sites (tertiary alicyclic amines) is 1. The van der Waals surface area contributed by atoms with E-state index in [-0.39, 0.29) is 11.8 Å². The van der Waals surface area contributed by atoms with Gasteiger partial charge in [0.25, 0.3) is 0 Å². The van der Waals surface area contributed by atoms with Crippen molar-refractivity contribution in [2.45, 2.75) is 25.2 Å². The average molecular weight is 390 g/mol. The van der Waals surface area contributed by atoms with Crippen molar-refractivity contribution in [3.8, 4) is 11.4 Å². The summed E-state index contributed by atoms with van der Waals surface area (Å²) in [7, 11) is 0. The minimum absolute atomic E-state index is 0.0228. The van der Waals surface area contributed by atoms with Crippen LogP contribution in [-0.2, 0) is 11.2 Å². The SMILES string of the molecule is NC(=O)c1ccc(-c2noc(C3CCCN(C(=O)Cc4ccccc4)C3)n2)cc1. The fourth-order valence-corrected chi connectivity index (χ4v) is 3.59. The summed E-state index contributed by atoms with van der Waals surface area (Å²) in [5.74, 6) is 0.657. The quantitative estimate of drug-likeness (QED) is 0.722. The first kappa shape index (κ1) is 18.9. The van der Waals surface area contributed by atoms with E-state index in [1.165, 1.54) is 0 Å². The van der Waals surface area contributed by atoms with Crippen molar-refractivity contribution in [1.29, 1.82) is 0 Å². The molecule has 0 aliphatic carbocycles. The molecular formula is C22H22N4O3. The van der Waals surface area contributed by atoms with Crippen LogP contribution in [0.3, 0.4) is 0 Å². The Bertz CT molecular complexity index is 998. The van der Waals surface area contributed by atoms with Crippen LogP contribution in [-0.4, -0.2) is 39.9 Å². The minimum atomic E-state index is -0.479. The summed E-state index contributed by atoms with van der Waals surface area (Å²) in [4.78, 5) is 30.3. The Morgan fingerprint density at radius 1 is 1.10 bits per heavy atom. The summed E-state index contributed by atoms with van der Waals surface area (Å²) in [6.45, 7) is 1.33. The highest BCUT2D eigenvalue weighted by molar-refractivity contribution is 5.93. The molecule has 7 heteroatoms. The molecule has 2 N–H and O–H groups in total. The summed E-state index contributed by atoms with van der Waals surface area (Å²) in [6, 6.07) is 16.5.